The molecule has 4 nitrogen and oxygen atoms in total. The predicted molar refractivity (Wildman–Crippen MR) is 93.5 cm³/mol. The van der Waals surface area contributed by atoms with Crippen molar-refractivity contribution in [3.05, 3.63) is 54.2 Å². The van der Waals surface area contributed by atoms with E-state index in [0.717, 1.165) is 41.3 Å². The van der Waals surface area contributed by atoms with Crippen LogP contribution in [0, 0.1) is 6.92 Å². The van der Waals surface area contributed by atoms with Crippen molar-refractivity contribution in [2.45, 2.75) is 33.1 Å². The van der Waals surface area contributed by atoms with E-state index in [2.05, 4.69) is 12.2 Å². The highest BCUT2D eigenvalue weighted by molar-refractivity contribution is 5.94. The Morgan fingerprint density at radius 3 is 2.65 bits per heavy atom. The van der Waals surface area contributed by atoms with Crippen LogP contribution in [0.5, 0.6) is 0 Å². The van der Waals surface area contributed by atoms with Crippen molar-refractivity contribution >= 4 is 17.4 Å². The number of nitrogens with zero attached hydrogens (tertiary/aromatic N) is 2. The van der Waals surface area contributed by atoms with E-state index in [4.69, 9.17) is 4.98 Å². The molecule has 118 valence electrons. The molecule has 1 aromatic carbocycles. The fraction of sp³-hybridized carbons (Fsp3) is 0.263. The van der Waals surface area contributed by atoms with Gasteiger partial charge in [0.05, 0.1) is 0 Å². The number of nitrogens with one attached hydrogen (secondary N) is 1. The van der Waals surface area contributed by atoms with Crippen LogP contribution in [0.4, 0.5) is 5.82 Å². The van der Waals surface area contributed by atoms with Gasteiger partial charge in [0, 0.05) is 17.7 Å². The van der Waals surface area contributed by atoms with Gasteiger partial charge in [-0.3, -0.25) is 9.20 Å². The van der Waals surface area contributed by atoms with E-state index in [9.17, 15) is 4.79 Å². The van der Waals surface area contributed by atoms with Crippen LogP contribution in [0.25, 0.3) is 16.9 Å². The van der Waals surface area contributed by atoms with Crippen molar-refractivity contribution in [2.24, 2.45) is 0 Å². The van der Waals surface area contributed by atoms with Gasteiger partial charge in [0.25, 0.3) is 0 Å². The summed E-state index contributed by atoms with van der Waals surface area (Å²) in [4.78, 5) is 17.0. The van der Waals surface area contributed by atoms with Gasteiger partial charge in [0.15, 0.2) is 0 Å². The lowest BCUT2D eigenvalue weighted by atomic mass is 10.1. The number of fused-ring (bicyclic) bond motifs is 1. The van der Waals surface area contributed by atoms with Crippen molar-refractivity contribution < 1.29 is 4.79 Å². The second-order valence-electron chi connectivity index (χ2n) is 5.69. The maximum Gasteiger partial charge on any atom is 0.225 e. The molecule has 0 atom stereocenters. The number of amides is 1. The number of imidazole rings is 1. The number of unbranched alkanes of at least 4 members (excludes halogenated alkanes) is 1. The molecule has 0 aliphatic rings. The maximum atomic E-state index is 12.3. The quantitative estimate of drug-likeness (QED) is 0.757. The van der Waals surface area contributed by atoms with Gasteiger partial charge in [-0.25, -0.2) is 4.98 Å². The average Bonchev–Trinajstić information content (AvgIpc) is 2.93. The summed E-state index contributed by atoms with van der Waals surface area (Å²) in [6, 6.07) is 15.9. The van der Waals surface area contributed by atoms with Gasteiger partial charge >= 0.3 is 0 Å². The summed E-state index contributed by atoms with van der Waals surface area (Å²) in [7, 11) is 0. The zero-order valence-corrected chi connectivity index (χ0v) is 13.5. The number of aromatic nitrogens is 2. The Labute approximate surface area is 136 Å². The van der Waals surface area contributed by atoms with Gasteiger partial charge in [-0.05, 0) is 25.5 Å². The van der Waals surface area contributed by atoms with Crippen molar-refractivity contribution in [3.63, 3.8) is 0 Å². The topological polar surface area (TPSA) is 46.4 Å². The van der Waals surface area contributed by atoms with Crippen LogP contribution in [0.15, 0.2) is 48.5 Å². The summed E-state index contributed by atoms with van der Waals surface area (Å²) in [5, 5.41) is 3.07. The smallest absolute Gasteiger partial charge is 0.225 e. The van der Waals surface area contributed by atoms with Crippen LogP contribution in [0.1, 0.15) is 31.9 Å². The lowest BCUT2D eigenvalue weighted by molar-refractivity contribution is -0.116. The molecule has 0 fully saturated rings. The molecule has 0 spiro atoms. The minimum absolute atomic E-state index is 0.0362. The molecule has 0 aliphatic carbocycles. The van der Waals surface area contributed by atoms with Crippen LogP contribution in [-0.4, -0.2) is 15.3 Å². The number of aryl methyl sites for hydroxylation is 1. The largest absolute Gasteiger partial charge is 0.310 e. The predicted octanol–water partition coefficient (Wildman–Crippen LogP) is 4.44. The number of carbonyl (C=O) groups excluding carboxylic acids is 1. The minimum atomic E-state index is 0.0362. The number of hydrogen-bond donors (Lipinski definition) is 1. The fourth-order valence-corrected chi connectivity index (χ4v) is 2.70. The van der Waals surface area contributed by atoms with Gasteiger partial charge in [-0.2, -0.15) is 0 Å². The first-order chi connectivity index (χ1) is 11.2. The molecule has 4 heteroatoms. The van der Waals surface area contributed by atoms with E-state index in [1.54, 1.807) is 0 Å². The summed E-state index contributed by atoms with van der Waals surface area (Å²) >= 11 is 0. The summed E-state index contributed by atoms with van der Waals surface area (Å²) < 4.78 is 2.01. The van der Waals surface area contributed by atoms with Gasteiger partial charge < -0.3 is 5.32 Å². The summed E-state index contributed by atoms with van der Waals surface area (Å²) in [5.41, 5.74) is 3.70. The van der Waals surface area contributed by atoms with Crippen molar-refractivity contribution in [1.29, 1.82) is 0 Å². The number of benzene rings is 1. The molecule has 0 saturated heterocycles. The molecule has 0 saturated carbocycles. The standard InChI is InChI=1S/C19H21N3O/c1-3-4-13-17(23)21-19-18(15-10-6-5-7-11-15)20-16-12-8-9-14(2)22(16)19/h5-12H,3-4,13H2,1-2H3,(H,21,23). The van der Waals surface area contributed by atoms with Crippen molar-refractivity contribution in [3.8, 4) is 11.3 Å². The van der Waals surface area contributed by atoms with Gasteiger partial charge in [-0.15, -0.1) is 0 Å². The zero-order valence-electron chi connectivity index (χ0n) is 13.5. The minimum Gasteiger partial charge on any atom is -0.310 e. The Kier molecular flexibility index (Phi) is 4.42. The number of carbonyl (C=O) groups is 1. The van der Waals surface area contributed by atoms with E-state index in [1.807, 2.05) is 59.9 Å². The second-order valence-corrected chi connectivity index (χ2v) is 5.69. The van der Waals surface area contributed by atoms with Crippen LogP contribution in [-0.2, 0) is 4.79 Å². The van der Waals surface area contributed by atoms with E-state index in [-0.39, 0.29) is 5.91 Å². The van der Waals surface area contributed by atoms with Gasteiger partial charge in [0.2, 0.25) is 5.91 Å². The van der Waals surface area contributed by atoms with E-state index >= 15 is 0 Å². The Morgan fingerprint density at radius 1 is 1.13 bits per heavy atom. The molecular weight excluding hydrogens is 286 g/mol. The van der Waals surface area contributed by atoms with Crippen LogP contribution >= 0.6 is 0 Å². The Balaban J connectivity index is 2.10. The number of rotatable bonds is 5. The number of hydrogen-bond acceptors (Lipinski definition) is 2. The van der Waals surface area contributed by atoms with E-state index in [1.165, 1.54) is 0 Å². The molecule has 1 N–H and O–H groups in total. The van der Waals surface area contributed by atoms with Crippen LogP contribution in [0.3, 0.4) is 0 Å². The molecule has 0 unspecified atom stereocenters. The molecule has 3 aromatic rings. The van der Waals surface area contributed by atoms with Crippen molar-refractivity contribution in [2.75, 3.05) is 5.32 Å². The molecule has 3 rings (SSSR count). The SMILES string of the molecule is CCCCC(=O)Nc1c(-c2ccccc2)nc2cccc(C)n12. The first kappa shape index (κ1) is 15.3. The molecule has 1 amide bonds. The van der Waals surface area contributed by atoms with E-state index < -0.39 is 0 Å². The molecule has 23 heavy (non-hydrogen) atoms. The first-order valence-corrected chi connectivity index (χ1v) is 8.04. The van der Waals surface area contributed by atoms with Crippen LogP contribution < -0.4 is 5.32 Å². The van der Waals surface area contributed by atoms with E-state index in [0.29, 0.717) is 6.42 Å². The monoisotopic (exact) mass is 307 g/mol. The third kappa shape index (κ3) is 3.11. The highest BCUT2D eigenvalue weighted by Crippen LogP contribution is 2.29. The van der Waals surface area contributed by atoms with Crippen LogP contribution in [0.2, 0.25) is 0 Å². The summed E-state index contributed by atoms with van der Waals surface area (Å²) in [6.45, 7) is 4.10. The van der Waals surface area contributed by atoms with Gasteiger partial charge in [-0.1, -0.05) is 49.7 Å². The number of anilines is 1. The molecular formula is C19H21N3O. The summed E-state index contributed by atoms with van der Waals surface area (Å²) in [6.07, 6.45) is 2.43. The lowest BCUT2D eigenvalue weighted by Gasteiger charge is -2.09. The molecule has 0 radical (unpaired) electrons. The second kappa shape index (κ2) is 6.65. The summed E-state index contributed by atoms with van der Waals surface area (Å²) in [5.74, 6) is 0.791. The van der Waals surface area contributed by atoms with Crippen molar-refractivity contribution in [1.82, 2.24) is 9.38 Å². The lowest BCUT2D eigenvalue weighted by Crippen LogP contribution is -2.14. The normalized spacial score (nSPS) is 10.9. The molecule has 0 aliphatic heterocycles. The molecule has 0 bridgehead atoms. The molecule has 2 heterocycles. The molecule has 2 aromatic heterocycles. The average molecular weight is 307 g/mol. The Hall–Kier alpha value is -2.62. The zero-order chi connectivity index (χ0) is 16.2. The fourth-order valence-electron chi connectivity index (χ4n) is 2.70. The number of pyridine rings is 1. The maximum absolute atomic E-state index is 12.3. The third-order valence-corrected chi connectivity index (χ3v) is 3.90. The highest BCUT2D eigenvalue weighted by Gasteiger charge is 2.17. The Bertz CT molecular complexity index is 821. The highest BCUT2D eigenvalue weighted by atomic mass is 16.1. The first-order valence-electron chi connectivity index (χ1n) is 8.04. The Morgan fingerprint density at radius 2 is 1.91 bits per heavy atom. The third-order valence-electron chi connectivity index (χ3n) is 3.90. The van der Waals surface area contributed by atoms with Gasteiger partial charge in [0.1, 0.15) is 17.2 Å².